The SMILES string of the molecule is CN1CC(N2CCN(C(C)(C)C(C)(C)N3CCN(C4CCOC4)CC3)CC2)C1. The van der Waals surface area contributed by atoms with Crippen molar-refractivity contribution in [2.75, 3.05) is 85.7 Å². The van der Waals surface area contributed by atoms with Crippen LogP contribution >= 0.6 is 0 Å². The molecule has 0 aromatic carbocycles. The normalized spacial score (nSPS) is 31.4. The molecule has 162 valence electrons. The molecule has 6 nitrogen and oxygen atoms in total. The number of hydrogen-bond donors (Lipinski definition) is 0. The topological polar surface area (TPSA) is 25.4 Å². The summed E-state index contributed by atoms with van der Waals surface area (Å²) in [5, 5.41) is 0. The van der Waals surface area contributed by atoms with Crippen molar-refractivity contribution in [1.82, 2.24) is 24.5 Å². The Bertz CT molecular complexity index is 511. The molecule has 4 rings (SSSR count). The van der Waals surface area contributed by atoms with Gasteiger partial charge in [-0.05, 0) is 41.2 Å². The second kappa shape index (κ2) is 8.12. The lowest BCUT2D eigenvalue weighted by atomic mass is 9.78. The fraction of sp³-hybridized carbons (Fsp3) is 1.00. The van der Waals surface area contributed by atoms with E-state index in [1.165, 1.54) is 71.9 Å². The zero-order valence-corrected chi connectivity index (χ0v) is 19.0. The molecular weight excluding hydrogens is 350 g/mol. The van der Waals surface area contributed by atoms with Gasteiger partial charge in [0.25, 0.3) is 0 Å². The van der Waals surface area contributed by atoms with Gasteiger partial charge in [0.05, 0.1) is 6.61 Å². The molecule has 28 heavy (non-hydrogen) atoms. The average Bonchev–Trinajstić information content (AvgIpc) is 3.20. The predicted octanol–water partition coefficient (Wildman–Crippen LogP) is 0.882. The van der Waals surface area contributed by atoms with Gasteiger partial charge in [-0.1, -0.05) is 0 Å². The van der Waals surface area contributed by atoms with E-state index in [0.717, 1.165) is 19.3 Å². The van der Waals surface area contributed by atoms with Crippen molar-refractivity contribution in [1.29, 1.82) is 0 Å². The van der Waals surface area contributed by atoms with Crippen molar-refractivity contribution in [3.05, 3.63) is 0 Å². The van der Waals surface area contributed by atoms with Crippen molar-refractivity contribution >= 4 is 0 Å². The first-order chi connectivity index (χ1) is 13.3. The molecule has 0 saturated carbocycles. The minimum atomic E-state index is 0.171. The summed E-state index contributed by atoms with van der Waals surface area (Å²) in [5.41, 5.74) is 0.345. The minimum absolute atomic E-state index is 0.171. The summed E-state index contributed by atoms with van der Waals surface area (Å²) in [6.45, 7) is 23.9. The first kappa shape index (κ1) is 21.0. The lowest BCUT2D eigenvalue weighted by molar-refractivity contribution is -0.0814. The highest BCUT2D eigenvalue weighted by Crippen LogP contribution is 2.35. The first-order valence-corrected chi connectivity index (χ1v) is 11.5. The summed E-state index contributed by atoms with van der Waals surface area (Å²) >= 11 is 0. The van der Waals surface area contributed by atoms with E-state index in [-0.39, 0.29) is 11.1 Å². The van der Waals surface area contributed by atoms with Crippen molar-refractivity contribution < 1.29 is 4.74 Å². The van der Waals surface area contributed by atoms with Gasteiger partial charge in [-0.2, -0.15) is 0 Å². The molecule has 0 radical (unpaired) electrons. The lowest BCUT2D eigenvalue weighted by Gasteiger charge is -2.58. The van der Waals surface area contributed by atoms with Crippen molar-refractivity contribution in [2.45, 2.75) is 57.3 Å². The number of likely N-dealkylation sites (tertiary alicyclic amines) is 1. The molecule has 1 atom stereocenters. The second-order valence-corrected chi connectivity index (χ2v) is 10.6. The van der Waals surface area contributed by atoms with Crippen LogP contribution in [0.5, 0.6) is 0 Å². The number of hydrogen-bond acceptors (Lipinski definition) is 6. The molecule has 0 aromatic rings. The Morgan fingerprint density at radius 1 is 0.679 bits per heavy atom. The van der Waals surface area contributed by atoms with E-state index in [2.05, 4.69) is 59.2 Å². The predicted molar refractivity (Wildman–Crippen MR) is 115 cm³/mol. The third-order valence-electron chi connectivity index (χ3n) is 8.69. The lowest BCUT2D eigenvalue weighted by Crippen LogP contribution is -2.71. The quantitative estimate of drug-likeness (QED) is 0.688. The van der Waals surface area contributed by atoms with E-state index >= 15 is 0 Å². The van der Waals surface area contributed by atoms with Crippen LogP contribution in [0.15, 0.2) is 0 Å². The molecule has 4 fully saturated rings. The Balaban J connectivity index is 1.31. The molecule has 0 bridgehead atoms. The average molecular weight is 394 g/mol. The van der Waals surface area contributed by atoms with Crippen LogP contribution in [0.1, 0.15) is 34.1 Å². The molecule has 4 aliphatic heterocycles. The number of rotatable bonds is 5. The Morgan fingerprint density at radius 2 is 1.14 bits per heavy atom. The summed E-state index contributed by atoms with van der Waals surface area (Å²) < 4.78 is 5.61. The highest BCUT2D eigenvalue weighted by atomic mass is 16.5. The van der Waals surface area contributed by atoms with E-state index in [9.17, 15) is 0 Å². The maximum absolute atomic E-state index is 5.61. The molecule has 0 N–H and O–H groups in total. The number of nitrogens with zero attached hydrogens (tertiary/aromatic N) is 5. The van der Waals surface area contributed by atoms with Crippen LogP contribution in [0, 0.1) is 0 Å². The van der Waals surface area contributed by atoms with E-state index < -0.39 is 0 Å². The molecule has 0 amide bonds. The van der Waals surface area contributed by atoms with Gasteiger partial charge < -0.3 is 9.64 Å². The molecule has 1 unspecified atom stereocenters. The Hall–Kier alpha value is -0.240. The van der Waals surface area contributed by atoms with Gasteiger partial charge in [0.1, 0.15) is 0 Å². The van der Waals surface area contributed by atoms with Gasteiger partial charge in [-0.15, -0.1) is 0 Å². The van der Waals surface area contributed by atoms with E-state index in [1.54, 1.807) is 0 Å². The largest absolute Gasteiger partial charge is 0.380 e. The second-order valence-electron chi connectivity index (χ2n) is 10.6. The van der Waals surface area contributed by atoms with Gasteiger partial charge in [0.15, 0.2) is 0 Å². The highest BCUT2D eigenvalue weighted by molar-refractivity contribution is 5.05. The van der Waals surface area contributed by atoms with Crippen LogP contribution in [0.2, 0.25) is 0 Å². The molecule has 6 heteroatoms. The summed E-state index contributed by atoms with van der Waals surface area (Å²) in [7, 11) is 2.23. The van der Waals surface area contributed by atoms with E-state index in [4.69, 9.17) is 4.74 Å². The molecule has 4 aliphatic rings. The zero-order chi connectivity index (χ0) is 19.9. The van der Waals surface area contributed by atoms with Gasteiger partial charge in [0, 0.05) is 95.2 Å². The summed E-state index contributed by atoms with van der Waals surface area (Å²) in [6, 6.07) is 1.47. The fourth-order valence-electron chi connectivity index (χ4n) is 5.77. The van der Waals surface area contributed by atoms with Gasteiger partial charge in [-0.3, -0.25) is 19.6 Å². The fourth-order valence-corrected chi connectivity index (χ4v) is 5.77. The number of ether oxygens (including phenoxy) is 1. The Kier molecular flexibility index (Phi) is 6.09. The van der Waals surface area contributed by atoms with Crippen LogP contribution in [0.4, 0.5) is 0 Å². The zero-order valence-electron chi connectivity index (χ0n) is 19.0. The first-order valence-electron chi connectivity index (χ1n) is 11.5. The van der Waals surface area contributed by atoms with Crippen molar-refractivity contribution in [3.8, 4) is 0 Å². The van der Waals surface area contributed by atoms with Gasteiger partial charge in [0.2, 0.25) is 0 Å². The van der Waals surface area contributed by atoms with Crippen LogP contribution in [0.3, 0.4) is 0 Å². The highest BCUT2D eigenvalue weighted by Gasteiger charge is 2.47. The summed E-state index contributed by atoms with van der Waals surface area (Å²) in [6.07, 6.45) is 1.22. The summed E-state index contributed by atoms with van der Waals surface area (Å²) in [4.78, 5) is 13.3. The molecule has 0 aliphatic carbocycles. The van der Waals surface area contributed by atoms with Gasteiger partial charge in [-0.25, -0.2) is 0 Å². The number of likely N-dealkylation sites (N-methyl/N-ethyl adjacent to an activating group) is 1. The van der Waals surface area contributed by atoms with Crippen LogP contribution < -0.4 is 0 Å². The summed E-state index contributed by atoms with van der Waals surface area (Å²) in [5.74, 6) is 0. The number of piperazine rings is 2. The molecule has 4 heterocycles. The standard InChI is InChI=1S/C22H43N5O/c1-21(2,26-11-7-24(8-12-26)19-6-15-28-18-19)22(3,4)27-13-9-25(10-14-27)20-16-23(5)17-20/h19-20H,6-18H2,1-5H3. The van der Waals surface area contributed by atoms with E-state index in [0.29, 0.717) is 6.04 Å². The van der Waals surface area contributed by atoms with Crippen LogP contribution in [-0.2, 0) is 4.74 Å². The monoisotopic (exact) mass is 393 g/mol. The van der Waals surface area contributed by atoms with Crippen molar-refractivity contribution in [2.24, 2.45) is 0 Å². The molecular formula is C22H43N5O. The Morgan fingerprint density at radius 3 is 1.54 bits per heavy atom. The molecule has 4 saturated heterocycles. The third-order valence-corrected chi connectivity index (χ3v) is 8.69. The Labute approximate surface area is 172 Å². The maximum atomic E-state index is 5.61. The smallest absolute Gasteiger partial charge is 0.0622 e. The minimum Gasteiger partial charge on any atom is -0.380 e. The van der Waals surface area contributed by atoms with Crippen LogP contribution in [-0.4, -0.2) is 133 Å². The van der Waals surface area contributed by atoms with Crippen LogP contribution in [0.25, 0.3) is 0 Å². The molecule has 0 aromatic heterocycles. The molecule has 0 spiro atoms. The maximum Gasteiger partial charge on any atom is 0.0622 e. The van der Waals surface area contributed by atoms with E-state index in [1.807, 2.05) is 0 Å². The van der Waals surface area contributed by atoms with Gasteiger partial charge >= 0.3 is 0 Å². The third kappa shape index (κ3) is 3.88. The van der Waals surface area contributed by atoms with Crippen molar-refractivity contribution in [3.63, 3.8) is 0 Å².